The monoisotopic (exact) mass is 276 g/mol. The highest BCUT2D eigenvalue weighted by Gasteiger charge is 2.28. The van der Waals surface area contributed by atoms with Gasteiger partial charge in [0.05, 0.1) is 17.6 Å². The van der Waals surface area contributed by atoms with Crippen molar-refractivity contribution in [1.82, 2.24) is 4.98 Å². The fourth-order valence-electron chi connectivity index (χ4n) is 1.45. The summed E-state index contributed by atoms with van der Waals surface area (Å²) in [6, 6.07) is 3.49. The summed E-state index contributed by atoms with van der Waals surface area (Å²) in [5.41, 5.74) is 0.644. The molecule has 6 heteroatoms. The number of anilines is 1. The van der Waals surface area contributed by atoms with Gasteiger partial charge >= 0.3 is 0 Å². The lowest BCUT2D eigenvalue weighted by atomic mass is 10.4. The van der Waals surface area contributed by atoms with E-state index in [1.54, 1.807) is 18.3 Å². The standard InChI is InChI=1S/C8H9BrN2O2S/c9-8-3-2-7(6-10-8)11-4-1-5-14(11,12)13/h2-3,6H,1,4-5H2. The Labute approximate surface area is 91.1 Å². The molecule has 1 aliphatic heterocycles. The summed E-state index contributed by atoms with van der Waals surface area (Å²) in [5.74, 6) is 0.239. The Morgan fingerprint density at radius 2 is 2.21 bits per heavy atom. The van der Waals surface area contributed by atoms with Gasteiger partial charge in [-0.15, -0.1) is 0 Å². The normalized spacial score (nSPS) is 19.9. The molecule has 1 aromatic rings. The van der Waals surface area contributed by atoms with E-state index in [1.165, 1.54) is 4.31 Å². The van der Waals surface area contributed by atoms with E-state index in [-0.39, 0.29) is 5.75 Å². The fraction of sp³-hybridized carbons (Fsp3) is 0.375. The summed E-state index contributed by atoms with van der Waals surface area (Å²) in [6.45, 7) is 0.561. The molecule has 2 heterocycles. The van der Waals surface area contributed by atoms with Gasteiger partial charge in [-0.05, 0) is 34.5 Å². The third-order valence-electron chi connectivity index (χ3n) is 2.10. The number of hydrogen-bond acceptors (Lipinski definition) is 3. The Hall–Kier alpha value is -0.620. The maximum absolute atomic E-state index is 11.5. The highest BCUT2D eigenvalue weighted by Crippen LogP contribution is 2.23. The van der Waals surface area contributed by atoms with Crippen molar-refractivity contribution in [3.63, 3.8) is 0 Å². The summed E-state index contributed by atoms with van der Waals surface area (Å²) in [5, 5.41) is 0. The van der Waals surface area contributed by atoms with Crippen LogP contribution in [0.3, 0.4) is 0 Å². The van der Waals surface area contributed by atoms with Crippen LogP contribution in [-0.4, -0.2) is 25.7 Å². The first-order chi connectivity index (χ1) is 6.59. The van der Waals surface area contributed by atoms with Crippen LogP contribution in [0.4, 0.5) is 5.69 Å². The molecule has 0 amide bonds. The Kier molecular flexibility index (Phi) is 2.48. The van der Waals surface area contributed by atoms with Crippen molar-refractivity contribution in [1.29, 1.82) is 0 Å². The van der Waals surface area contributed by atoms with E-state index in [0.717, 1.165) is 0 Å². The zero-order chi connectivity index (χ0) is 10.2. The number of nitrogens with zero attached hydrogens (tertiary/aromatic N) is 2. The molecule has 0 saturated carbocycles. The second kappa shape index (κ2) is 3.51. The predicted octanol–water partition coefficient (Wildman–Crippen LogP) is 1.38. The summed E-state index contributed by atoms with van der Waals surface area (Å²) in [7, 11) is -3.07. The largest absolute Gasteiger partial charge is 0.269 e. The first-order valence-electron chi connectivity index (χ1n) is 4.21. The lowest BCUT2D eigenvalue weighted by molar-refractivity contribution is 0.599. The summed E-state index contributed by atoms with van der Waals surface area (Å²) in [6.07, 6.45) is 2.26. The second-order valence-electron chi connectivity index (χ2n) is 3.08. The van der Waals surface area contributed by atoms with Gasteiger partial charge in [-0.3, -0.25) is 4.31 Å². The lowest BCUT2D eigenvalue weighted by Gasteiger charge is -2.15. The zero-order valence-electron chi connectivity index (χ0n) is 7.35. The van der Waals surface area contributed by atoms with Gasteiger partial charge in [-0.2, -0.15) is 0 Å². The van der Waals surface area contributed by atoms with Crippen LogP contribution in [-0.2, 0) is 10.0 Å². The molecular formula is C8H9BrN2O2S. The average molecular weight is 277 g/mol. The van der Waals surface area contributed by atoms with Crippen LogP contribution < -0.4 is 4.31 Å². The number of sulfonamides is 1. The highest BCUT2D eigenvalue weighted by molar-refractivity contribution is 9.10. The molecule has 0 aliphatic carbocycles. The van der Waals surface area contributed by atoms with Crippen LogP contribution in [0.1, 0.15) is 6.42 Å². The number of halogens is 1. The second-order valence-corrected chi connectivity index (χ2v) is 5.91. The number of aromatic nitrogens is 1. The molecular weight excluding hydrogens is 268 g/mol. The minimum atomic E-state index is -3.07. The van der Waals surface area contributed by atoms with Crippen LogP contribution in [0, 0.1) is 0 Å². The minimum absolute atomic E-state index is 0.239. The molecule has 2 rings (SSSR count). The van der Waals surface area contributed by atoms with Crippen LogP contribution in [0.15, 0.2) is 22.9 Å². The van der Waals surface area contributed by atoms with Crippen molar-refractivity contribution in [2.75, 3.05) is 16.6 Å². The van der Waals surface area contributed by atoms with Crippen molar-refractivity contribution in [3.05, 3.63) is 22.9 Å². The Morgan fingerprint density at radius 3 is 2.71 bits per heavy atom. The average Bonchev–Trinajstić information content (AvgIpc) is 2.47. The molecule has 0 N–H and O–H groups in total. The molecule has 1 fully saturated rings. The number of hydrogen-bond donors (Lipinski definition) is 0. The molecule has 0 spiro atoms. The Morgan fingerprint density at radius 1 is 1.43 bits per heavy atom. The molecule has 1 aromatic heterocycles. The van der Waals surface area contributed by atoms with E-state index in [1.807, 2.05) is 0 Å². The predicted molar refractivity (Wildman–Crippen MR) is 57.7 cm³/mol. The van der Waals surface area contributed by atoms with Gasteiger partial charge in [-0.1, -0.05) is 0 Å². The molecule has 4 nitrogen and oxygen atoms in total. The topological polar surface area (TPSA) is 50.3 Å². The quantitative estimate of drug-likeness (QED) is 0.729. The third-order valence-corrected chi connectivity index (χ3v) is 4.44. The van der Waals surface area contributed by atoms with E-state index < -0.39 is 10.0 Å². The maximum Gasteiger partial charge on any atom is 0.235 e. The maximum atomic E-state index is 11.5. The SMILES string of the molecule is O=S1(=O)CCCN1c1ccc(Br)nc1. The van der Waals surface area contributed by atoms with Crippen molar-refractivity contribution in [2.24, 2.45) is 0 Å². The van der Waals surface area contributed by atoms with E-state index in [0.29, 0.717) is 23.3 Å². The molecule has 0 radical (unpaired) electrons. The van der Waals surface area contributed by atoms with E-state index in [9.17, 15) is 8.42 Å². The van der Waals surface area contributed by atoms with Gasteiger partial charge in [0.15, 0.2) is 0 Å². The van der Waals surface area contributed by atoms with Crippen LogP contribution in [0.25, 0.3) is 0 Å². The van der Waals surface area contributed by atoms with Crippen molar-refractivity contribution < 1.29 is 8.42 Å². The third kappa shape index (κ3) is 1.76. The van der Waals surface area contributed by atoms with Crippen LogP contribution in [0.2, 0.25) is 0 Å². The number of rotatable bonds is 1. The van der Waals surface area contributed by atoms with Gasteiger partial charge in [-0.25, -0.2) is 13.4 Å². The van der Waals surface area contributed by atoms with Crippen LogP contribution >= 0.6 is 15.9 Å². The lowest BCUT2D eigenvalue weighted by Crippen LogP contribution is -2.25. The molecule has 0 atom stereocenters. The molecule has 14 heavy (non-hydrogen) atoms. The van der Waals surface area contributed by atoms with Gasteiger partial charge in [0.1, 0.15) is 4.60 Å². The zero-order valence-corrected chi connectivity index (χ0v) is 9.75. The smallest absolute Gasteiger partial charge is 0.235 e. The Balaban J connectivity index is 2.36. The fourth-order valence-corrected chi connectivity index (χ4v) is 3.23. The van der Waals surface area contributed by atoms with Gasteiger partial charge in [0, 0.05) is 6.54 Å². The van der Waals surface area contributed by atoms with E-state index in [2.05, 4.69) is 20.9 Å². The van der Waals surface area contributed by atoms with Gasteiger partial charge < -0.3 is 0 Å². The highest BCUT2D eigenvalue weighted by atomic mass is 79.9. The summed E-state index contributed by atoms with van der Waals surface area (Å²) >= 11 is 3.20. The van der Waals surface area contributed by atoms with E-state index in [4.69, 9.17) is 0 Å². The summed E-state index contributed by atoms with van der Waals surface area (Å²) < 4.78 is 25.2. The molecule has 0 unspecified atom stereocenters. The first-order valence-corrected chi connectivity index (χ1v) is 6.62. The molecule has 1 aliphatic rings. The Bertz CT molecular complexity index is 429. The van der Waals surface area contributed by atoms with Crippen LogP contribution in [0.5, 0.6) is 0 Å². The van der Waals surface area contributed by atoms with Gasteiger partial charge in [0.25, 0.3) is 0 Å². The molecule has 76 valence electrons. The minimum Gasteiger partial charge on any atom is -0.269 e. The summed E-state index contributed by atoms with van der Waals surface area (Å²) in [4.78, 5) is 4.00. The van der Waals surface area contributed by atoms with Crippen molar-refractivity contribution >= 4 is 31.6 Å². The van der Waals surface area contributed by atoms with Gasteiger partial charge in [0.2, 0.25) is 10.0 Å². The van der Waals surface area contributed by atoms with Crippen molar-refractivity contribution in [3.8, 4) is 0 Å². The van der Waals surface area contributed by atoms with Crippen molar-refractivity contribution in [2.45, 2.75) is 6.42 Å². The molecule has 0 aromatic carbocycles. The van der Waals surface area contributed by atoms with E-state index >= 15 is 0 Å². The number of pyridine rings is 1. The molecule has 0 bridgehead atoms. The first kappa shape index (κ1) is 9.92. The molecule has 1 saturated heterocycles.